The smallest absolute Gasteiger partial charge is 0.00821 e. The highest BCUT2D eigenvalue weighted by Crippen LogP contribution is 2.54. The third-order valence-electron chi connectivity index (χ3n) is 2.51. The monoisotopic (exact) mass is 207 g/mol. The van der Waals surface area contributed by atoms with Crippen LogP contribution < -0.4 is 0 Å². The molecular formula is C9H21NS2. The van der Waals surface area contributed by atoms with Crippen LogP contribution in [0.3, 0.4) is 0 Å². The van der Waals surface area contributed by atoms with Gasteiger partial charge in [-0.25, -0.2) is 0 Å². The first kappa shape index (κ1) is 10.7. The molecule has 12 heavy (non-hydrogen) atoms. The van der Waals surface area contributed by atoms with Crippen molar-refractivity contribution in [2.75, 3.05) is 25.1 Å². The molecule has 3 heteroatoms. The lowest BCUT2D eigenvalue weighted by atomic mass is 10.4. The van der Waals surface area contributed by atoms with E-state index >= 15 is 0 Å². The van der Waals surface area contributed by atoms with Gasteiger partial charge in [-0.05, 0) is 31.3 Å². The van der Waals surface area contributed by atoms with Crippen molar-refractivity contribution >= 4 is 20.9 Å². The number of rotatable bonds is 4. The van der Waals surface area contributed by atoms with Crippen molar-refractivity contribution in [3.8, 4) is 0 Å². The fraction of sp³-hybridized carbons (Fsp3) is 1.00. The zero-order valence-corrected chi connectivity index (χ0v) is 9.96. The van der Waals surface area contributed by atoms with E-state index in [0.717, 1.165) is 0 Å². The number of unbranched alkanes of at least 4 members (excludes halogenated alkanes) is 1. The topological polar surface area (TPSA) is 3.24 Å². The molecule has 0 spiro atoms. The maximum absolute atomic E-state index is 4.83. The lowest BCUT2D eigenvalue weighted by molar-refractivity contribution is 0.575. The van der Waals surface area contributed by atoms with Crippen LogP contribution in [0.1, 0.15) is 32.6 Å². The normalized spacial score (nSPS) is 26.9. The Balaban J connectivity index is 2.34. The molecule has 0 bridgehead atoms. The molecule has 1 aliphatic rings. The summed E-state index contributed by atoms with van der Waals surface area (Å²) in [6.07, 6.45) is 7.75. The van der Waals surface area contributed by atoms with Gasteiger partial charge in [-0.1, -0.05) is 13.3 Å². The highest BCUT2D eigenvalue weighted by molar-refractivity contribution is 8.86. The van der Waals surface area contributed by atoms with Gasteiger partial charge in [-0.15, -0.1) is 20.9 Å². The Hall–Kier alpha value is 0.660. The van der Waals surface area contributed by atoms with Gasteiger partial charge < -0.3 is 0 Å². The molecule has 0 N–H and O–H groups in total. The van der Waals surface area contributed by atoms with Crippen LogP contribution in [0.25, 0.3) is 0 Å². The van der Waals surface area contributed by atoms with Crippen molar-refractivity contribution in [1.82, 2.24) is 4.31 Å². The molecule has 1 heterocycles. The van der Waals surface area contributed by atoms with Crippen molar-refractivity contribution in [1.29, 1.82) is 0 Å². The van der Waals surface area contributed by atoms with Crippen molar-refractivity contribution in [2.45, 2.75) is 32.6 Å². The Morgan fingerprint density at radius 1 is 1.33 bits per heavy atom. The molecule has 1 aliphatic heterocycles. The van der Waals surface area contributed by atoms with E-state index in [4.69, 9.17) is 11.7 Å². The Labute approximate surface area is 83.2 Å². The minimum atomic E-state index is -0.694. The van der Waals surface area contributed by atoms with Gasteiger partial charge in [0.2, 0.25) is 0 Å². The Kier molecular flexibility index (Phi) is 4.27. The Bertz CT molecular complexity index is 130. The SMILES string of the molecule is CCCCS(C)(S)N1CCCC1. The second-order valence-corrected chi connectivity index (χ2v) is 8.96. The average Bonchev–Trinajstić information content (AvgIpc) is 2.53. The van der Waals surface area contributed by atoms with Gasteiger partial charge in [-0.3, -0.25) is 4.31 Å². The lowest BCUT2D eigenvalue weighted by Gasteiger charge is -2.39. The highest BCUT2D eigenvalue weighted by atomic mass is 33.1. The zero-order valence-electron chi connectivity index (χ0n) is 8.25. The van der Waals surface area contributed by atoms with Gasteiger partial charge in [0.25, 0.3) is 0 Å². The predicted molar refractivity (Wildman–Crippen MR) is 63.1 cm³/mol. The minimum Gasteiger partial charge on any atom is -0.260 e. The van der Waals surface area contributed by atoms with Gasteiger partial charge in [0.05, 0.1) is 0 Å². The molecule has 1 saturated heterocycles. The summed E-state index contributed by atoms with van der Waals surface area (Å²) in [5.41, 5.74) is 0. The molecule has 74 valence electrons. The van der Waals surface area contributed by atoms with Crippen LogP contribution >= 0.6 is 20.9 Å². The highest BCUT2D eigenvalue weighted by Gasteiger charge is 2.24. The largest absolute Gasteiger partial charge is 0.260 e. The first-order valence-corrected chi connectivity index (χ1v) is 8.12. The molecular weight excluding hydrogens is 186 g/mol. The van der Waals surface area contributed by atoms with E-state index in [9.17, 15) is 0 Å². The van der Waals surface area contributed by atoms with E-state index in [2.05, 4.69) is 17.5 Å². The van der Waals surface area contributed by atoms with Gasteiger partial charge in [-0.2, -0.15) is 0 Å². The summed E-state index contributed by atoms with van der Waals surface area (Å²) in [6, 6.07) is 0. The summed E-state index contributed by atoms with van der Waals surface area (Å²) in [4.78, 5) is 0. The fourth-order valence-electron chi connectivity index (χ4n) is 1.63. The van der Waals surface area contributed by atoms with E-state index in [0.29, 0.717) is 0 Å². The Morgan fingerprint density at radius 2 is 1.92 bits per heavy atom. The summed E-state index contributed by atoms with van der Waals surface area (Å²) in [5, 5.41) is 0. The summed E-state index contributed by atoms with van der Waals surface area (Å²) in [5.74, 6) is 1.31. The second-order valence-electron chi connectivity index (χ2n) is 3.69. The van der Waals surface area contributed by atoms with Crippen molar-refractivity contribution < 1.29 is 0 Å². The van der Waals surface area contributed by atoms with Crippen LogP contribution in [0, 0.1) is 0 Å². The summed E-state index contributed by atoms with van der Waals surface area (Å²) < 4.78 is 2.60. The van der Waals surface area contributed by atoms with E-state index in [-0.39, 0.29) is 0 Å². The second kappa shape index (κ2) is 4.77. The third-order valence-corrected chi connectivity index (χ3v) is 6.29. The molecule has 0 aromatic heterocycles. The molecule has 1 nitrogen and oxygen atoms in total. The maximum atomic E-state index is 4.83. The number of hydrogen-bond acceptors (Lipinski definition) is 2. The van der Waals surface area contributed by atoms with Gasteiger partial charge >= 0.3 is 0 Å². The fourth-order valence-corrected chi connectivity index (χ4v) is 4.64. The van der Waals surface area contributed by atoms with E-state index in [1.54, 1.807) is 0 Å². The molecule has 0 radical (unpaired) electrons. The molecule has 0 amide bonds. The van der Waals surface area contributed by atoms with E-state index in [1.165, 1.54) is 44.5 Å². The van der Waals surface area contributed by atoms with Crippen LogP contribution in [0.2, 0.25) is 0 Å². The third kappa shape index (κ3) is 2.86. The van der Waals surface area contributed by atoms with Gasteiger partial charge in [0.15, 0.2) is 0 Å². The van der Waals surface area contributed by atoms with Crippen molar-refractivity contribution in [3.05, 3.63) is 0 Å². The Morgan fingerprint density at radius 3 is 2.42 bits per heavy atom. The van der Waals surface area contributed by atoms with E-state index < -0.39 is 9.25 Å². The summed E-state index contributed by atoms with van der Waals surface area (Å²) >= 11 is 4.83. The number of nitrogens with zero attached hydrogens (tertiary/aromatic N) is 1. The summed E-state index contributed by atoms with van der Waals surface area (Å²) in [6.45, 7) is 4.84. The number of thiol groups is 1. The van der Waals surface area contributed by atoms with Crippen LogP contribution in [-0.2, 0) is 0 Å². The molecule has 1 unspecified atom stereocenters. The first-order chi connectivity index (χ1) is 5.67. The molecule has 0 saturated carbocycles. The molecule has 1 rings (SSSR count). The van der Waals surface area contributed by atoms with Crippen molar-refractivity contribution in [2.24, 2.45) is 0 Å². The molecule has 1 fully saturated rings. The molecule has 0 aliphatic carbocycles. The van der Waals surface area contributed by atoms with Gasteiger partial charge in [0.1, 0.15) is 0 Å². The summed E-state index contributed by atoms with van der Waals surface area (Å²) in [7, 11) is -0.694. The van der Waals surface area contributed by atoms with Crippen molar-refractivity contribution in [3.63, 3.8) is 0 Å². The average molecular weight is 207 g/mol. The van der Waals surface area contributed by atoms with E-state index in [1.807, 2.05) is 0 Å². The predicted octanol–water partition coefficient (Wildman–Crippen LogP) is 3.08. The minimum absolute atomic E-state index is 0.694. The zero-order chi connectivity index (χ0) is 9.03. The van der Waals surface area contributed by atoms with Gasteiger partial charge in [0, 0.05) is 13.1 Å². The van der Waals surface area contributed by atoms with Crippen LogP contribution in [0.15, 0.2) is 0 Å². The lowest BCUT2D eigenvalue weighted by Crippen LogP contribution is -2.22. The van der Waals surface area contributed by atoms with Crippen LogP contribution in [-0.4, -0.2) is 29.4 Å². The number of hydrogen-bond donors (Lipinski definition) is 1. The molecule has 0 aromatic carbocycles. The van der Waals surface area contributed by atoms with Crippen LogP contribution in [0.4, 0.5) is 0 Å². The molecule has 1 atom stereocenters. The quantitative estimate of drug-likeness (QED) is 0.548. The first-order valence-electron chi connectivity index (χ1n) is 4.90. The maximum Gasteiger partial charge on any atom is 0.00821 e. The molecule has 0 aromatic rings. The van der Waals surface area contributed by atoms with Crippen LogP contribution in [0.5, 0.6) is 0 Å². The standard InChI is InChI=1S/C9H21NS2/c1-3-4-9-12(2,11)10-7-5-6-8-10/h11H,3-9H2,1-2H3.